The molecule has 0 aliphatic carbocycles. The highest BCUT2D eigenvalue weighted by Gasteiger charge is 2.15. The lowest BCUT2D eigenvalue weighted by Crippen LogP contribution is -2.41. The minimum Gasteiger partial charge on any atom is -0.342 e. The van der Waals surface area contributed by atoms with Crippen LogP contribution in [0.5, 0.6) is 0 Å². The highest BCUT2D eigenvalue weighted by atomic mass is 79.9. The number of nitrogens with one attached hydrogen (secondary N) is 2. The summed E-state index contributed by atoms with van der Waals surface area (Å²) in [7, 11) is 1.53. The Kier molecular flexibility index (Phi) is 6.93. The lowest BCUT2D eigenvalue weighted by atomic mass is 10.2. The first-order chi connectivity index (χ1) is 12.3. The summed E-state index contributed by atoms with van der Waals surface area (Å²) in [6.45, 7) is 3.54. The molecule has 2 N–H and O–H groups in total. The second-order valence-electron chi connectivity index (χ2n) is 5.85. The molecule has 26 heavy (non-hydrogen) atoms. The van der Waals surface area contributed by atoms with Crippen molar-refractivity contribution in [1.29, 1.82) is 0 Å². The predicted octanol–water partition coefficient (Wildman–Crippen LogP) is 2.95. The number of carbonyl (C=O) groups excluding carboxylic acids is 3. The van der Waals surface area contributed by atoms with E-state index in [-0.39, 0.29) is 30.8 Å². The average Bonchev–Trinajstić information content (AvgIpc) is 3.01. The predicted molar refractivity (Wildman–Crippen MR) is 107 cm³/mol. The fourth-order valence-corrected chi connectivity index (χ4v) is 3.45. The van der Waals surface area contributed by atoms with Gasteiger partial charge in [0.25, 0.3) is 5.91 Å². The molecule has 3 amide bonds. The van der Waals surface area contributed by atoms with Gasteiger partial charge in [0.2, 0.25) is 11.8 Å². The van der Waals surface area contributed by atoms with Crippen molar-refractivity contribution in [3.8, 4) is 0 Å². The normalized spacial score (nSPS) is 10.3. The average molecular weight is 438 g/mol. The van der Waals surface area contributed by atoms with Crippen LogP contribution in [0.25, 0.3) is 0 Å². The van der Waals surface area contributed by atoms with Crippen molar-refractivity contribution in [1.82, 2.24) is 10.2 Å². The van der Waals surface area contributed by atoms with E-state index >= 15 is 0 Å². The molecule has 0 saturated heterocycles. The van der Waals surface area contributed by atoms with Crippen LogP contribution >= 0.6 is 27.3 Å². The first kappa shape index (κ1) is 20.1. The van der Waals surface area contributed by atoms with Crippen molar-refractivity contribution in [2.45, 2.75) is 13.8 Å². The molecule has 0 bridgehead atoms. The third-order valence-corrected chi connectivity index (χ3v) is 5.13. The molecule has 2 aromatic rings. The first-order valence-corrected chi connectivity index (χ1v) is 9.52. The van der Waals surface area contributed by atoms with Crippen molar-refractivity contribution in [3.05, 3.63) is 50.1 Å². The second kappa shape index (κ2) is 8.95. The van der Waals surface area contributed by atoms with Crippen molar-refractivity contribution in [2.24, 2.45) is 0 Å². The Hall–Kier alpha value is -2.19. The summed E-state index contributed by atoms with van der Waals surface area (Å²) in [5, 5.41) is 5.35. The molecule has 1 aromatic heterocycles. The van der Waals surface area contributed by atoms with Crippen LogP contribution in [0.4, 0.5) is 5.69 Å². The molecule has 0 radical (unpaired) electrons. The van der Waals surface area contributed by atoms with Crippen LogP contribution in [0.2, 0.25) is 0 Å². The van der Waals surface area contributed by atoms with Gasteiger partial charge in [-0.15, -0.1) is 11.3 Å². The summed E-state index contributed by atoms with van der Waals surface area (Å²) in [5.41, 5.74) is 1.61. The Morgan fingerprint density at radius 2 is 1.88 bits per heavy atom. The van der Waals surface area contributed by atoms with Gasteiger partial charge in [0.15, 0.2) is 0 Å². The summed E-state index contributed by atoms with van der Waals surface area (Å²) < 4.78 is 0.928. The number of likely N-dealkylation sites (N-methyl/N-ethyl adjacent to an activating group) is 1. The van der Waals surface area contributed by atoms with Gasteiger partial charge in [0, 0.05) is 22.1 Å². The minimum atomic E-state index is -0.339. The van der Waals surface area contributed by atoms with E-state index in [2.05, 4.69) is 26.6 Å². The second-order valence-corrected chi connectivity index (χ2v) is 8.05. The van der Waals surface area contributed by atoms with Crippen LogP contribution in [0, 0.1) is 13.8 Å². The Balaban J connectivity index is 1.82. The smallest absolute Gasteiger partial charge is 0.261 e. The van der Waals surface area contributed by atoms with Crippen molar-refractivity contribution < 1.29 is 14.4 Å². The van der Waals surface area contributed by atoms with Gasteiger partial charge in [-0.05, 0) is 49.7 Å². The summed E-state index contributed by atoms with van der Waals surface area (Å²) in [5.74, 6) is -0.930. The van der Waals surface area contributed by atoms with Crippen LogP contribution in [0.3, 0.4) is 0 Å². The van der Waals surface area contributed by atoms with Crippen molar-refractivity contribution >= 4 is 50.7 Å². The van der Waals surface area contributed by atoms with Crippen LogP contribution < -0.4 is 10.6 Å². The molecule has 8 heteroatoms. The van der Waals surface area contributed by atoms with Gasteiger partial charge in [-0.3, -0.25) is 14.4 Å². The standard InChI is InChI=1S/C18H20BrN3O3S/c1-11-8-13(19)5-6-14(11)21-16(23)10-22(3)17(24)9-20-18(25)15-7-4-12(2)26-15/h4-8H,9-10H2,1-3H3,(H,20,25)(H,21,23). The fraction of sp³-hybridized carbons (Fsp3) is 0.278. The largest absolute Gasteiger partial charge is 0.342 e. The lowest BCUT2D eigenvalue weighted by molar-refractivity contribution is -0.132. The Morgan fingerprint density at radius 1 is 1.15 bits per heavy atom. The lowest BCUT2D eigenvalue weighted by Gasteiger charge is -2.17. The monoisotopic (exact) mass is 437 g/mol. The number of rotatable bonds is 6. The molecule has 138 valence electrons. The number of hydrogen-bond donors (Lipinski definition) is 2. The number of benzene rings is 1. The highest BCUT2D eigenvalue weighted by molar-refractivity contribution is 9.10. The molecule has 1 heterocycles. The topological polar surface area (TPSA) is 78.5 Å². The van der Waals surface area contributed by atoms with Gasteiger partial charge in [0.05, 0.1) is 18.0 Å². The Bertz CT molecular complexity index is 835. The number of carbonyl (C=O) groups is 3. The van der Waals surface area contributed by atoms with Gasteiger partial charge in [-0.2, -0.15) is 0 Å². The molecule has 6 nitrogen and oxygen atoms in total. The maximum Gasteiger partial charge on any atom is 0.261 e. The number of hydrogen-bond acceptors (Lipinski definition) is 4. The zero-order chi connectivity index (χ0) is 19.3. The molecule has 2 rings (SSSR count). The fourth-order valence-electron chi connectivity index (χ4n) is 2.20. The third-order valence-electron chi connectivity index (χ3n) is 3.63. The zero-order valence-corrected chi connectivity index (χ0v) is 17.2. The summed E-state index contributed by atoms with van der Waals surface area (Å²) in [6.07, 6.45) is 0. The maximum atomic E-state index is 12.1. The zero-order valence-electron chi connectivity index (χ0n) is 14.8. The van der Waals surface area contributed by atoms with Crippen LogP contribution in [-0.4, -0.2) is 42.8 Å². The number of amides is 3. The van der Waals surface area contributed by atoms with E-state index < -0.39 is 0 Å². The van der Waals surface area contributed by atoms with E-state index in [4.69, 9.17) is 0 Å². The summed E-state index contributed by atoms with van der Waals surface area (Å²) in [6, 6.07) is 9.09. The molecule has 0 saturated carbocycles. The molecular weight excluding hydrogens is 418 g/mol. The van der Waals surface area contributed by atoms with Gasteiger partial charge in [0.1, 0.15) is 0 Å². The summed E-state index contributed by atoms with van der Waals surface area (Å²) >= 11 is 4.74. The number of anilines is 1. The molecule has 0 spiro atoms. The number of nitrogens with zero attached hydrogens (tertiary/aromatic N) is 1. The molecule has 0 atom stereocenters. The van der Waals surface area contributed by atoms with Crippen LogP contribution in [-0.2, 0) is 9.59 Å². The molecule has 0 unspecified atom stereocenters. The van der Waals surface area contributed by atoms with Crippen molar-refractivity contribution in [2.75, 3.05) is 25.5 Å². The number of halogens is 1. The Labute approximate surface area is 164 Å². The van der Waals surface area contributed by atoms with E-state index in [1.807, 2.05) is 32.0 Å². The Morgan fingerprint density at radius 3 is 2.50 bits per heavy atom. The van der Waals surface area contributed by atoms with Crippen molar-refractivity contribution in [3.63, 3.8) is 0 Å². The highest BCUT2D eigenvalue weighted by Crippen LogP contribution is 2.20. The molecule has 0 fully saturated rings. The third kappa shape index (κ3) is 5.67. The summed E-state index contributed by atoms with van der Waals surface area (Å²) in [4.78, 5) is 39.1. The number of thiophene rings is 1. The van der Waals surface area contributed by atoms with Gasteiger partial charge in [-0.1, -0.05) is 15.9 Å². The number of aryl methyl sites for hydroxylation is 2. The van der Waals surface area contributed by atoms with E-state index in [0.717, 1.165) is 14.9 Å². The van der Waals surface area contributed by atoms with E-state index in [1.165, 1.54) is 23.3 Å². The van der Waals surface area contributed by atoms with E-state index in [0.29, 0.717) is 10.6 Å². The van der Waals surface area contributed by atoms with Crippen LogP contribution in [0.1, 0.15) is 20.1 Å². The van der Waals surface area contributed by atoms with Gasteiger partial charge >= 0.3 is 0 Å². The van der Waals surface area contributed by atoms with Gasteiger partial charge < -0.3 is 15.5 Å². The molecular formula is C18H20BrN3O3S. The van der Waals surface area contributed by atoms with E-state index in [9.17, 15) is 14.4 Å². The minimum absolute atomic E-state index is 0.0949. The molecule has 1 aromatic carbocycles. The van der Waals surface area contributed by atoms with Gasteiger partial charge in [-0.25, -0.2) is 0 Å². The SMILES string of the molecule is Cc1ccc(C(=O)NCC(=O)N(C)CC(=O)Nc2ccc(Br)cc2C)s1. The van der Waals surface area contributed by atoms with Crippen LogP contribution in [0.15, 0.2) is 34.8 Å². The maximum absolute atomic E-state index is 12.1. The first-order valence-electron chi connectivity index (χ1n) is 7.91. The quantitative estimate of drug-likeness (QED) is 0.728. The molecule has 0 aliphatic heterocycles. The molecule has 0 aliphatic rings. The van der Waals surface area contributed by atoms with E-state index in [1.54, 1.807) is 12.1 Å².